The van der Waals surface area contributed by atoms with Crippen LogP contribution in [0.25, 0.3) is 11.4 Å². The highest BCUT2D eigenvalue weighted by molar-refractivity contribution is 6.02. The molecule has 0 radical (unpaired) electrons. The van der Waals surface area contributed by atoms with Crippen molar-refractivity contribution < 1.29 is 23.0 Å². The van der Waals surface area contributed by atoms with Gasteiger partial charge in [-0.25, -0.2) is 18.5 Å². The van der Waals surface area contributed by atoms with Gasteiger partial charge in [-0.2, -0.15) is 0 Å². The zero-order chi connectivity index (χ0) is 21.2. The van der Waals surface area contributed by atoms with Crippen LogP contribution >= 0.6 is 0 Å². The normalized spacial score (nSPS) is 11.3. The van der Waals surface area contributed by atoms with Gasteiger partial charge >= 0.3 is 0 Å². The molecule has 1 amide bonds. The average molecular weight is 401 g/mol. The van der Waals surface area contributed by atoms with Gasteiger partial charge in [0, 0.05) is 24.6 Å². The molecule has 3 aromatic rings. The highest BCUT2D eigenvalue weighted by atomic mass is 19.3. The Labute approximate surface area is 166 Å². The monoisotopic (exact) mass is 401 g/mol. The first kappa shape index (κ1) is 20.3. The van der Waals surface area contributed by atoms with E-state index in [0.29, 0.717) is 21.7 Å². The number of nitrogens with zero attached hydrogens (tertiary/aromatic N) is 1. The van der Waals surface area contributed by atoms with Crippen LogP contribution in [0.3, 0.4) is 0 Å². The number of anilines is 1. The standard InChI is InChI=1S/C21H21F2N3O3/c1-4-21(22,23)15-6-5-7-16(12-15)25-20(27)18-13(2)24-19(26(18)28)14-8-10-17(29-3)11-9-14/h5-12,24H,4H2,1-3H3,(H,25,27). The van der Waals surface area contributed by atoms with E-state index in [1.807, 2.05) is 0 Å². The second-order valence-corrected chi connectivity index (χ2v) is 6.56. The van der Waals surface area contributed by atoms with Gasteiger partial charge in [-0.1, -0.05) is 19.1 Å². The number of aryl methyl sites for hydroxylation is 1. The Morgan fingerprint density at radius 2 is 1.93 bits per heavy atom. The minimum Gasteiger partial charge on any atom is -0.710 e. The number of halogens is 2. The lowest BCUT2D eigenvalue weighted by atomic mass is 10.1. The number of amides is 1. The molecule has 0 atom stereocenters. The molecule has 0 saturated heterocycles. The number of nitrogens with one attached hydrogen (secondary N) is 2. The van der Waals surface area contributed by atoms with Crippen LogP contribution in [0.5, 0.6) is 5.75 Å². The average Bonchev–Trinajstić information content (AvgIpc) is 3.02. The first-order chi connectivity index (χ1) is 13.8. The second kappa shape index (κ2) is 7.90. The molecule has 1 heterocycles. The summed E-state index contributed by atoms with van der Waals surface area (Å²) in [5.41, 5.74) is 0.791. The fourth-order valence-electron chi connectivity index (χ4n) is 2.97. The molecular formula is C21H21F2N3O3. The van der Waals surface area contributed by atoms with Gasteiger partial charge in [0.1, 0.15) is 5.75 Å². The molecule has 6 nitrogen and oxygen atoms in total. The number of imidazole rings is 1. The molecule has 1 aromatic heterocycles. The van der Waals surface area contributed by atoms with Gasteiger partial charge < -0.3 is 15.3 Å². The highest BCUT2D eigenvalue weighted by Gasteiger charge is 2.30. The van der Waals surface area contributed by atoms with Crippen LogP contribution in [-0.2, 0) is 5.92 Å². The van der Waals surface area contributed by atoms with Crippen molar-refractivity contribution in [2.24, 2.45) is 0 Å². The number of aromatic amines is 1. The van der Waals surface area contributed by atoms with Crippen molar-refractivity contribution in [3.8, 4) is 17.1 Å². The van der Waals surface area contributed by atoms with E-state index in [1.165, 1.54) is 38.3 Å². The number of hydrogen-bond acceptors (Lipinski definition) is 3. The van der Waals surface area contributed by atoms with Crippen LogP contribution in [0.1, 0.15) is 35.1 Å². The summed E-state index contributed by atoms with van der Waals surface area (Å²) in [6, 6.07) is 12.2. The van der Waals surface area contributed by atoms with Gasteiger partial charge in [0.15, 0.2) is 5.69 Å². The first-order valence-electron chi connectivity index (χ1n) is 9.03. The Morgan fingerprint density at radius 1 is 1.24 bits per heavy atom. The molecule has 0 unspecified atom stereocenters. The van der Waals surface area contributed by atoms with Crippen molar-refractivity contribution in [2.75, 3.05) is 12.4 Å². The summed E-state index contributed by atoms with van der Waals surface area (Å²) in [6.45, 7) is 2.98. The minimum atomic E-state index is -3.00. The predicted molar refractivity (Wildman–Crippen MR) is 105 cm³/mol. The fraction of sp³-hybridized carbons (Fsp3) is 0.238. The Morgan fingerprint density at radius 3 is 2.55 bits per heavy atom. The molecule has 3 rings (SSSR count). The lowest BCUT2D eigenvalue weighted by molar-refractivity contribution is -0.594. The third-order valence-corrected chi connectivity index (χ3v) is 4.63. The first-order valence-corrected chi connectivity index (χ1v) is 9.03. The molecular weight excluding hydrogens is 380 g/mol. The van der Waals surface area contributed by atoms with E-state index in [9.17, 15) is 18.8 Å². The van der Waals surface area contributed by atoms with Gasteiger partial charge in [0.2, 0.25) is 5.69 Å². The summed E-state index contributed by atoms with van der Waals surface area (Å²) in [7, 11) is 1.54. The van der Waals surface area contributed by atoms with Crippen molar-refractivity contribution in [1.29, 1.82) is 0 Å². The number of methoxy groups -OCH3 is 1. The Bertz CT molecular complexity index is 1030. The number of carbonyl (C=O) groups is 1. The van der Waals surface area contributed by atoms with Crippen LogP contribution < -0.4 is 14.8 Å². The maximum Gasteiger partial charge on any atom is 0.300 e. The topological polar surface area (TPSA) is 81.1 Å². The van der Waals surface area contributed by atoms with Crippen molar-refractivity contribution in [1.82, 2.24) is 4.98 Å². The number of benzene rings is 2. The molecule has 0 aliphatic rings. The molecule has 152 valence electrons. The molecule has 0 fully saturated rings. The largest absolute Gasteiger partial charge is 0.710 e. The van der Waals surface area contributed by atoms with Gasteiger partial charge in [-0.05, 0) is 36.4 Å². The molecule has 0 bridgehead atoms. The van der Waals surface area contributed by atoms with Crippen LogP contribution in [0.4, 0.5) is 14.5 Å². The van der Waals surface area contributed by atoms with E-state index < -0.39 is 11.8 Å². The molecule has 0 aliphatic heterocycles. The number of hydrogen-bond donors (Lipinski definition) is 2. The van der Waals surface area contributed by atoms with Gasteiger partial charge in [-0.15, -0.1) is 0 Å². The van der Waals surface area contributed by atoms with E-state index in [-0.39, 0.29) is 29.2 Å². The number of alkyl halides is 2. The van der Waals surface area contributed by atoms with Gasteiger partial charge in [0.25, 0.3) is 17.7 Å². The number of rotatable bonds is 6. The van der Waals surface area contributed by atoms with Crippen molar-refractivity contribution in [3.63, 3.8) is 0 Å². The fourth-order valence-corrected chi connectivity index (χ4v) is 2.97. The molecule has 0 aliphatic carbocycles. The Kier molecular flexibility index (Phi) is 5.54. The van der Waals surface area contributed by atoms with E-state index in [0.717, 1.165) is 0 Å². The van der Waals surface area contributed by atoms with E-state index >= 15 is 0 Å². The highest BCUT2D eigenvalue weighted by Crippen LogP contribution is 2.32. The quantitative estimate of drug-likeness (QED) is 0.475. The van der Waals surface area contributed by atoms with Gasteiger partial charge in [0.05, 0.1) is 12.7 Å². The number of ether oxygens (including phenoxy) is 1. The molecule has 2 aromatic carbocycles. The molecule has 2 N–H and O–H groups in total. The summed E-state index contributed by atoms with van der Waals surface area (Å²) in [5.74, 6) is -2.85. The molecule has 8 heteroatoms. The van der Waals surface area contributed by atoms with Crippen LogP contribution in [0.15, 0.2) is 48.5 Å². The van der Waals surface area contributed by atoms with Gasteiger partial charge in [-0.3, -0.25) is 4.79 Å². The summed E-state index contributed by atoms with van der Waals surface area (Å²) >= 11 is 0. The lowest BCUT2D eigenvalue weighted by Crippen LogP contribution is -2.36. The summed E-state index contributed by atoms with van der Waals surface area (Å²) in [4.78, 5) is 15.6. The maximum atomic E-state index is 13.9. The molecule has 29 heavy (non-hydrogen) atoms. The Balaban J connectivity index is 1.89. The van der Waals surface area contributed by atoms with E-state index in [1.54, 1.807) is 31.2 Å². The zero-order valence-corrected chi connectivity index (χ0v) is 16.3. The van der Waals surface area contributed by atoms with Crippen molar-refractivity contribution >= 4 is 11.6 Å². The van der Waals surface area contributed by atoms with E-state index in [2.05, 4.69) is 10.3 Å². The summed E-state index contributed by atoms with van der Waals surface area (Å²) < 4.78 is 33.4. The number of H-pyrrole nitrogens is 1. The number of aromatic nitrogens is 2. The van der Waals surface area contributed by atoms with Crippen LogP contribution in [-0.4, -0.2) is 18.0 Å². The van der Waals surface area contributed by atoms with E-state index in [4.69, 9.17) is 4.74 Å². The Hall–Kier alpha value is -3.42. The predicted octanol–water partition coefficient (Wildman–Crippen LogP) is 4.39. The molecule has 0 spiro atoms. The molecule has 0 saturated carbocycles. The van der Waals surface area contributed by atoms with Crippen molar-refractivity contribution in [2.45, 2.75) is 26.2 Å². The zero-order valence-electron chi connectivity index (χ0n) is 16.3. The summed E-state index contributed by atoms with van der Waals surface area (Å²) in [5, 5.41) is 15.2. The van der Waals surface area contributed by atoms with Crippen LogP contribution in [0, 0.1) is 12.1 Å². The SMILES string of the molecule is CCC(F)(F)c1cccc(NC(=O)c2c(C)[nH]c(-c3ccc(OC)cc3)[n+]2[O-])c1. The third-order valence-electron chi connectivity index (χ3n) is 4.63. The smallest absolute Gasteiger partial charge is 0.300 e. The van der Waals surface area contributed by atoms with Crippen molar-refractivity contribution in [3.05, 3.63) is 70.7 Å². The summed E-state index contributed by atoms with van der Waals surface area (Å²) in [6.07, 6.45) is -0.354. The maximum absolute atomic E-state index is 13.9. The second-order valence-electron chi connectivity index (χ2n) is 6.56. The lowest BCUT2D eigenvalue weighted by Gasteiger charge is -2.15. The third kappa shape index (κ3) is 4.06. The minimum absolute atomic E-state index is 0.136. The van der Waals surface area contributed by atoms with Crippen LogP contribution in [0.2, 0.25) is 0 Å². The number of carbonyl (C=O) groups excluding carboxylic acids is 1.